The van der Waals surface area contributed by atoms with Gasteiger partial charge in [-0.3, -0.25) is 4.79 Å². The van der Waals surface area contributed by atoms with Crippen LogP contribution in [0.2, 0.25) is 0 Å². The van der Waals surface area contributed by atoms with Gasteiger partial charge in [0.1, 0.15) is 0 Å². The number of hydrogen-bond donors (Lipinski definition) is 2. The fourth-order valence-corrected chi connectivity index (χ4v) is 2.07. The van der Waals surface area contributed by atoms with Crippen molar-refractivity contribution in [1.29, 1.82) is 0 Å². The molecule has 17 heavy (non-hydrogen) atoms. The van der Waals surface area contributed by atoms with Crippen molar-refractivity contribution in [3.05, 3.63) is 30.3 Å². The molecule has 1 atom stereocenters. The lowest BCUT2D eigenvalue weighted by atomic mass is 10.1. The number of thioether (sulfide) groups is 1. The Bertz CT molecular complexity index is 359. The molecule has 0 bridgehead atoms. The highest BCUT2D eigenvalue weighted by Crippen LogP contribution is 2.17. The second-order valence-electron chi connectivity index (χ2n) is 4.80. The second-order valence-corrected chi connectivity index (χ2v) is 6.13. The maximum Gasteiger partial charge on any atom is 0.237 e. The first-order valence-electron chi connectivity index (χ1n) is 5.65. The summed E-state index contributed by atoms with van der Waals surface area (Å²) in [7, 11) is 0. The van der Waals surface area contributed by atoms with Crippen LogP contribution in [0.4, 0.5) is 5.69 Å². The molecule has 0 aliphatic rings. The van der Waals surface area contributed by atoms with Gasteiger partial charge in [-0.05, 0) is 32.9 Å². The van der Waals surface area contributed by atoms with Crippen LogP contribution >= 0.6 is 11.8 Å². The van der Waals surface area contributed by atoms with Crippen molar-refractivity contribution in [3.63, 3.8) is 0 Å². The van der Waals surface area contributed by atoms with E-state index >= 15 is 0 Å². The molecular weight excluding hydrogens is 232 g/mol. The monoisotopic (exact) mass is 252 g/mol. The predicted molar refractivity (Wildman–Crippen MR) is 75.3 cm³/mol. The largest absolute Gasteiger partial charge is 0.325 e. The van der Waals surface area contributed by atoms with E-state index < -0.39 is 0 Å². The number of hydrogen-bond acceptors (Lipinski definition) is 3. The minimum Gasteiger partial charge on any atom is -0.325 e. The molecule has 4 heteroatoms. The predicted octanol–water partition coefficient (Wildman–Crippen LogP) is 2.48. The van der Waals surface area contributed by atoms with Crippen LogP contribution in [0.5, 0.6) is 0 Å². The highest BCUT2D eigenvalue weighted by Gasteiger charge is 2.18. The summed E-state index contributed by atoms with van der Waals surface area (Å²) in [6, 6.07) is 9.47. The van der Waals surface area contributed by atoms with Crippen molar-refractivity contribution in [2.24, 2.45) is 5.73 Å². The van der Waals surface area contributed by atoms with E-state index in [0.717, 1.165) is 11.4 Å². The zero-order chi connectivity index (χ0) is 12.9. The summed E-state index contributed by atoms with van der Waals surface area (Å²) in [6.45, 7) is 5.82. The zero-order valence-electron chi connectivity index (χ0n) is 10.6. The number of rotatable bonds is 5. The van der Waals surface area contributed by atoms with Crippen LogP contribution in [0, 0.1) is 0 Å². The summed E-state index contributed by atoms with van der Waals surface area (Å²) in [5.74, 6) is 0.779. The van der Waals surface area contributed by atoms with E-state index in [-0.39, 0.29) is 16.7 Å². The van der Waals surface area contributed by atoms with Gasteiger partial charge >= 0.3 is 0 Å². The first-order valence-corrected chi connectivity index (χ1v) is 6.70. The summed E-state index contributed by atoms with van der Waals surface area (Å²) < 4.78 is 0. The van der Waals surface area contributed by atoms with Crippen molar-refractivity contribution in [3.8, 4) is 0 Å². The molecule has 1 aromatic rings. The number of anilines is 1. The SMILES string of the molecule is CC(SCC(C)(C)N)C(=O)Nc1ccccc1. The van der Waals surface area contributed by atoms with Gasteiger partial charge in [0, 0.05) is 17.0 Å². The summed E-state index contributed by atoms with van der Waals surface area (Å²) in [4.78, 5) is 11.9. The summed E-state index contributed by atoms with van der Waals surface area (Å²) in [5.41, 5.74) is 6.47. The second kappa shape index (κ2) is 6.07. The highest BCUT2D eigenvalue weighted by molar-refractivity contribution is 8.00. The molecule has 0 aromatic heterocycles. The highest BCUT2D eigenvalue weighted by atomic mass is 32.2. The Balaban J connectivity index is 2.43. The van der Waals surface area contributed by atoms with Gasteiger partial charge in [0.15, 0.2) is 0 Å². The number of benzene rings is 1. The fraction of sp³-hybridized carbons (Fsp3) is 0.462. The standard InChI is InChI=1S/C13H20N2OS/c1-10(17-9-13(2,3)14)12(16)15-11-7-5-4-6-8-11/h4-8,10H,9,14H2,1-3H3,(H,15,16). The molecule has 0 aliphatic heterocycles. The third kappa shape index (κ3) is 5.75. The van der Waals surface area contributed by atoms with E-state index in [1.807, 2.05) is 51.1 Å². The number of nitrogens with two attached hydrogens (primary N) is 1. The quantitative estimate of drug-likeness (QED) is 0.846. The minimum atomic E-state index is -0.244. The van der Waals surface area contributed by atoms with E-state index in [1.165, 1.54) is 0 Å². The zero-order valence-corrected chi connectivity index (χ0v) is 11.4. The fourth-order valence-electron chi connectivity index (χ4n) is 1.18. The molecule has 0 spiro atoms. The van der Waals surface area contributed by atoms with E-state index in [9.17, 15) is 4.79 Å². The normalized spacial score (nSPS) is 13.2. The van der Waals surface area contributed by atoms with Gasteiger partial charge in [0.25, 0.3) is 0 Å². The van der Waals surface area contributed by atoms with Crippen molar-refractivity contribution in [1.82, 2.24) is 0 Å². The molecular formula is C13H20N2OS. The molecule has 0 saturated carbocycles. The maximum absolute atomic E-state index is 11.9. The molecule has 1 amide bonds. The van der Waals surface area contributed by atoms with E-state index in [4.69, 9.17) is 5.73 Å². The molecule has 0 aliphatic carbocycles. The van der Waals surface area contributed by atoms with Crippen molar-refractivity contribution in [2.45, 2.75) is 31.6 Å². The number of carbonyl (C=O) groups is 1. The average Bonchev–Trinajstić information content (AvgIpc) is 2.26. The number of para-hydroxylation sites is 1. The lowest BCUT2D eigenvalue weighted by Gasteiger charge is -2.20. The molecule has 0 fully saturated rings. The van der Waals surface area contributed by atoms with Crippen LogP contribution in [-0.2, 0) is 4.79 Å². The Hall–Kier alpha value is -1.00. The minimum absolute atomic E-state index is 0.0189. The Morgan fingerprint density at radius 1 is 1.41 bits per heavy atom. The van der Waals surface area contributed by atoms with Gasteiger partial charge in [0.2, 0.25) is 5.91 Å². The molecule has 0 radical (unpaired) electrons. The molecule has 94 valence electrons. The molecule has 0 heterocycles. The van der Waals surface area contributed by atoms with Crippen LogP contribution < -0.4 is 11.1 Å². The Labute approximate surface area is 107 Å². The van der Waals surface area contributed by atoms with Crippen LogP contribution in [0.1, 0.15) is 20.8 Å². The Morgan fingerprint density at radius 2 is 2.00 bits per heavy atom. The van der Waals surface area contributed by atoms with E-state index in [2.05, 4.69) is 5.32 Å². The van der Waals surface area contributed by atoms with Gasteiger partial charge in [-0.15, -0.1) is 11.8 Å². The van der Waals surface area contributed by atoms with Crippen molar-refractivity contribution >= 4 is 23.4 Å². The van der Waals surface area contributed by atoms with E-state index in [0.29, 0.717) is 0 Å². The van der Waals surface area contributed by atoms with Gasteiger partial charge in [0.05, 0.1) is 5.25 Å². The third-order valence-corrected chi connectivity index (χ3v) is 3.74. The lowest BCUT2D eigenvalue weighted by Crippen LogP contribution is -2.36. The van der Waals surface area contributed by atoms with Crippen LogP contribution in [-0.4, -0.2) is 22.4 Å². The Kier molecular flexibility index (Phi) is 5.02. The number of amides is 1. The van der Waals surface area contributed by atoms with E-state index in [1.54, 1.807) is 11.8 Å². The first kappa shape index (κ1) is 14.1. The lowest BCUT2D eigenvalue weighted by molar-refractivity contribution is -0.115. The summed E-state index contributed by atoms with van der Waals surface area (Å²) in [6.07, 6.45) is 0. The summed E-state index contributed by atoms with van der Waals surface area (Å²) in [5, 5.41) is 2.78. The molecule has 3 N–H and O–H groups in total. The molecule has 0 saturated heterocycles. The molecule has 1 aromatic carbocycles. The smallest absolute Gasteiger partial charge is 0.237 e. The number of carbonyl (C=O) groups excluding carboxylic acids is 1. The van der Waals surface area contributed by atoms with Gasteiger partial charge in [-0.1, -0.05) is 18.2 Å². The average molecular weight is 252 g/mol. The van der Waals surface area contributed by atoms with Crippen LogP contribution in [0.25, 0.3) is 0 Å². The third-order valence-electron chi connectivity index (χ3n) is 2.12. The maximum atomic E-state index is 11.9. The first-order chi connectivity index (χ1) is 7.88. The van der Waals surface area contributed by atoms with Crippen molar-refractivity contribution in [2.75, 3.05) is 11.1 Å². The molecule has 3 nitrogen and oxygen atoms in total. The topological polar surface area (TPSA) is 55.1 Å². The Morgan fingerprint density at radius 3 is 2.53 bits per heavy atom. The molecule has 1 rings (SSSR count). The number of nitrogens with one attached hydrogen (secondary N) is 1. The van der Waals surface area contributed by atoms with Crippen molar-refractivity contribution < 1.29 is 4.79 Å². The van der Waals surface area contributed by atoms with Gasteiger partial charge in [-0.25, -0.2) is 0 Å². The summed E-state index contributed by atoms with van der Waals surface area (Å²) >= 11 is 1.57. The van der Waals surface area contributed by atoms with Crippen LogP contribution in [0.15, 0.2) is 30.3 Å². The van der Waals surface area contributed by atoms with Gasteiger partial charge < -0.3 is 11.1 Å². The van der Waals surface area contributed by atoms with Gasteiger partial charge in [-0.2, -0.15) is 0 Å². The van der Waals surface area contributed by atoms with Crippen LogP contribution in [0.3, 0.4) is 0 Å². The molecule has 1 unspecified atom stereocenters.